The zero-order valence-electron chi connectivity index (χ0n) is 14.2. The third kappa shape index (κ3) is 7.32. The Morgan fingerprint density at radius 2 is 2.22 bits per heavy atom. The highest BCUT2D eigenvalue weighted by Gasteiger charge is 2.22. The summed E-state index contributed by atoms with van der Waals surface area (Å²) in [6.07, 6.45) is 4.34. The molecule has 2 N–H and O–H groups in total. The molecule has 0 spiro atoms. The summed E-state index contributed by atoms with van der Waals surface area (Å²) in [4.78, 5) is 8.84. The number of pyridine rings is 1. The topological polar surface area (TPSA) is 67.8 Å². The largest absolute Gasteiger partial charge is 0.477 e. The lowest BCUT2D eigenvalue weighted by Crippen LogP contribution is -2.39. The van der Waals surface area contributed by atoms with Crippen molar-refractivity contribution in [3.8, 4) is 5.88 Å². The maximum atomic E-state index is 5.71. The first kappa shape index (κ1) is 17.5. The van der Waals surface area contributed by atoms with Crippen LogP contribution in [0.15, 0.2) is 23.3 Å². The number of nitrogens with zero attached hydrogens (tertiary/aromatic N) is 2. The van der Waals surface area contributed by atoms with Crippen LogP contribution in [-0.2, 0) is 11.3 Å². The van der Waals surface area contributed by atoms with E-state index in [1.54, 1.807) is 6.20 Å². The molecule has 0 bridgehead atoms. The zero-order valence-corrected chi connectivity index (χ0v) is 14.2. The van der Waals surface area contributed by atoms with Gasteiger partial charge in [-0.2, -0.15) is 0 Å². The van der Waals surface area contributed by atoms with Crippen molar-refractivity contribution >= 4 is 5.96 Å². The molecule has 6 heteroatoms. The summed E-state index contributed by atoms with van der Waals surface area (Å²) in [6, 6.07) is 3.94. The molecule has 0 atom stereocenters. The fourth-order valence-corrected chi connectivity index (χ4v) is 2.01. The second-order valence-corrected chi connectivity index (χ2v) is 5.58. The van der Waals surface area contributed by atoms with E-state index in [-0.39, 0.29) is 0 Å². The molecule has 1 aliphatic rings. The van der Waals surface area contributed by atoms with Gasteiger partial charge >= 0.3 is 0 Å². The van der Waals surface area contributed by atoms with Gasteiger partial charge in [-0.05, 0) is 44.2 Å². The van der Waals surface area contributed by atoms with E-state index in [4.69, 9.17) is 9.47 Å². The van der Waals surface area contributed by atoms with E-state index in [0.29, 0.717) is 19.0 Å². The summed E-state index contributed by atoms with van der Waals surface area (Å²) < 4.78 is 11.0. The molecular weight excluding hydrogens is 292 g/mol. The fourth-order valence-electron chi connectivity index (χ4n) is 2.01. The van der Waals surface area contributed by atoms with Gasteiger partial charge in [0.15, 0.2) is 5.96 Å². The Morgan fingerprint density at radius 1 is 1.35 bits per heavy atom. The molecule has 1 heterocycles. The summed E-state index contributed by atoms with van der Waals surface area (Å²) in [5.41, 5.74) is 1.09. The molecule has 1 saturated carbocycles. The number of hydrogen-bond donors (Lipinski definition) is 2. The van der Waals surface area contributed by atoms with Gasteiger partial charge in [-0.15, -0.1) is 0 Å². The van der Waals surface area contributed by atoms with Crippen molar-refractivity contribution in [2.75, 3.05) is 32.9 Å². The van der Waals surface area contributed by atoms with E-state index in [9.17, 15) is 0 Å². The predicted molar refractivity (Wildman–Crippen MR) is 91.8 cm³/mol. The summed E-state index contributed by atoms with van der Waals surface area (Å²) in [6.45, 7) is 8.39. The Labute approximate surface area is 138 Å². The SMILES string of the molecule is CCNC(=NCc1ccnc(OCC2CC2)c1)NCCOCC. The van der Waals surface area contributed by atoms with Gasteiger partial charge in [-0.25, -0.2) is 9.98 Å². The highest BCUT2D eigenvalue weighted by atomic mass is 16.5. The number of ether oxygens (including phenoxy) is 2. The molecule has 1 aliphatic carbocycles. The minimum atomic E-state index is 0.590. The van der Waals surface area contributed by atoms with Crippen molar-refractivity contribution in [3.05, 3.63) is 23.9 Å². The van der Waals surface area contributed by atoms with Crippen LogP contribution in [0.5, 0.6) is 5.88 Å². The smallest absolute Gasteiger partial charge is 0.213 e. The number of hydrogen-bond acceptors (Lipinski definition) is 4. The molecule has 2 rings (SSSR count). The minimum absolute atomic E-state index is 0.590. The number of nitrogens with one attached hydrogen (secondary N) is 2. The lowest BCUT2D eigenvalue weighted by Gasteiger charge is -2.11. The van der Waals surface area contributed by atoms with Crippen LogP contribution in [-0.4, -0.2) is 43.9 Å². The van der Waals surface area contributed by atoms with Crippen LogP contribution in [0.2, 0.25) is 0 Å². The number of guanidine groups is 1. The maximum Gasteiger partial charge on any atom is 0.213 e. The van der Waals surface area contributed by atoms with Crippen molar-refractivity contribution in [2.24, 2.45) is 10.9 Å². The summed E-state index contributed by atoms with van der Waals surface area (Å²) >= 11 is 0. The van der Waals surface area contributed by atoms with Gasteiger partial charge in [0.25, 0.3) is 0 Å². The van der Waals surface area contributed by atoms with Crippen LogP contribution >= 0.6 is 0 Å². The number of rotatable bonds is 10. The molecule has 0 aromatic carbocycles. The van der Waals surface area contributed by atoms with Crippen LogP contribution < -0.4 is 15.4 Å². The molecule has 23 heavy (non-hydrogen) atoms. The van der Waals surface area contributed by atoms with Crippen LogP contribution in [0, 0.1) is 5.92 Å². The van der Waals surface area contributed by atoms with Crippen molar-refractivity contribution < 1.29 is 9.47 Å². The van der Waals surface area contributed by atoms with Crippen LogP contribution in [0.4, 0.5) is 0 Å². The van der Waals surface area contributed by atoms with Crippen molar-refractivity contribution in [3.63, 3.8) is 0 Å². The van der Waals surface area contributed by atoms with Gasteiger partial charge in [-0.3, -0.25) is 0 Å². The molecule has 0 aliphatic heterocycles. The summed E-state index contributed by atoms with van der Waals surface area (Å²) in [5, 5.41) is 6.48. The molecule has 6 nitrogen and oxygen atoms in total. The van der Waals surface area contributed by atoms with E-state index >= 15 is 0 Å². The van der Waals surface area contributed by atoms with Gasteiger partial charge in [0.1, 0.15) is 0 Å². The molecule has 0 unspecified atom stereocenters. The highest BCUT2D eigenvalue weighted by Crippen LogP contribution is 2.29. The average molecular weight is 320 g/mol. The second-order valence-electron chi connectivity index (χ2n) is 5.58. The third-order valence-electron chi connectivity index (χ3n) is 3.47. The maximum absolute atomic E-state index is 5.71. The van der Waals surface area contributed by atoms with Gasteiger partial charge in [0, 0.05) is 32.0 Å². The molecular formula is C17H28N4O2. The van der Waals surface area contributed by atoms with Gasteiger partial charge < -0.3 is 20.1 Å². The second kappa shape index (κ2) is 10.0. The van der Waals surface area contributed by atoms with Crippen LogP contribution in [0.1, 0.15) is 32.3 Å². The Balaban J connectivity index is 1.82. The molecule has 1 aromatic heterocycles. The lowest BCUT2D eigenvalue weighted by atomic mass is 10.3. The summed E-state index contributed by atoms with van der Waals surface area (Å²) in [7, 11) is 0. The first-order valence-corrected chi connectivity index (χ1v) is 8.49. The van der Waals surface area contributed by atoms with Crippen LogP contribution in [0.3, 0.4) is 0 Å². The average Bonchev–Trinajstić information content (AvgIpc) is 3.39. The Morgan fingerprint density at radius 3 is 2.96 bits per heavy atom. The third-order valence-corrected chi connectivity index (χ3v) is 3.47. The Bertz CT molecular complexity index is 489. The van der Waals surface area contributed by atoms with Gasteiger partial charge in [-0.1, -0.05) is 0 Å². The lowest BCUT2D eigenvalue weighted by molar-refractivity contribution is 0.152. The zero-order chi connectivity index (χ0) is 16.3. The first-order valence-electron chi connectivity index (χ1n) is 8.49. The predicted octanol–water partition coefficient (Wildman–Crippen LogP) is 1.96. The standard InChI is InChI=1S/C17H28N4O2/c1-3-18-17(20-9-10-22-4-2)21-12-15-7-8-19-16(11-15)23-13-14-5-6-14/h7-8,11,14H,3-6,9-10,12-13H2,1-2H3,(H2,18,20,21). The number of aliphatic imine (C=N–C) groups is 1. The first-order chi connectivity index (χ1) is 11.3. The Kier molecular flexibility index (Phi) is 7.66. The van der Waals surface area contributed by atoms with Crippen molar-refractivity contribution in [1.82, 2.24) is 15.6 Å². The normalized spacial score (nSPS) is 14.6. The molecule has 0 radical (unpaired) electrons. The quantitative estimate of drug-likeness (QED) is 0.392. The van der Waals surface area contributed by atoms with E-state index in [1.165, 1.54) is 12.8 Å². The van der Waals surface area contributed by atoms with Crippen LogP contribution in [0.25, 0.3) is 0 Å². The van der Waals surface area contributed by atoms with Crippen molar-refractivity contribution in [2.45, 2.75) is 33.2 Å². The molecule has 0 saturated heterocycles. The van der Waals surface area contributed by atoms with E-state index in [1.807, 2.05) is 19.1 Å². The van der Waals surface area contributed by atoms with E-state index in [2.05, 4.69) is 27.5 Å². The molecule has 1 fully saturated rings. The minimum Gasteiger partial charge on any atom is -0.477 e. The highest BCUT2D eigenvalue weighted by molar-refractivity contribution is 5.79. The number of aromatic nitrogens is 1. The van der Waals surface area contributed by atoms with Gasteiger partial charge in [0.05, 0.1) is 19.8 Å². The van der Waals surface area contributed by atoms with Gasteiger partial charge in [0.2, 0.25) is 5.88 Å². The molecule has 128 valence electrons. The van der Waals surface area contributed by atoms with E-state index in [0.717, 1.165) is 43.7 Å². The molecule has 1 aromatic rings. The Hall–Kier alpha value is -1.82. The fraction of sp³-hybridized carbons (Fsp3) is 0.647. The van der Waals surface area contributed by atoms with Crippen molar-refractivity contribution in [1.29, 1.82) is 0 Å². The monoisotopic (exact) mass is 320 g/mol. The molecule has 0 amide bonds. The summed E-state index contributed by atoms with van der Waals surface area (Å²) in [5.74, 6) is 2.22. The van der Waals surface area contributed by atoms with E-state index < -0.39 is 0 Å².